The first-order chi connectivity index (χ1) is 11.5. The van der Waals surface area contributed by atoms with Crippen molar-refractivity contribution in [3.8, 4) is 17.0 Å². The number of anilines is 2. The topological polar surface area (TPSA) is 68.3 Å². The number of hydrogen-bond donors (Lipinski definition) is 1. The molecule has 1 heterocycles. The maximum atomic E-state index is 11.5. The molecule has 3 rings (SSSR count). The Morgan fingerprint density at radius 2 is 1.88 bits per heavy atom. The third-order valence-corrected chi connectivity index (χ3v) is 5.29. The number of rotatable bonds is 5. The Labute approximate surface area is 144 Å². The van der Waals surface area contributed by atoms with E-state index in [2.05, 4.69) is 10.3 Å². The maximum absolute atomic E-state index is 11.5. The van der Waals surface area contributed by atoms with E-state index in [1.165, 1.54) is 17.6 Å². The van der Waals surface area contributed by atoms with Gasteiger partial charge in [0.05, 0.1) is 17.7 Å². The summed E-state index contributed by atoms with van der Waals surface area (Å²) >= 11 is 1.48. The van der Waals surface area contributed by atoms with Crippen molar-refractivity contribution < 1.29 is 13.2 Å². The molecule has 1 N–H and O–H groups in total. The van der Waals surface area contributed by atoms with Gasteiger partial charge in [-0.3, -0.25) is 0 Å². The lowest BCUT2D eigenvalue weighted by Crippen LogP contribution is -1.96. The van der Waals surface area contributed by atoms with Crippen molar-refractivity contribution in [3.63, 3.8) is 0 Å². The number of thiazole rings is 1. The van der Waals surface area contributed by atoms with Gasteiger partial charge in [-0.25, -0.2) is 13.4 Å². The number of ether oxygens (including phenoxy) is 1. The molecular formula is C17H16N2O3S2. The van der Waals surface area contributed by atoms with E-state index < -0.39 is 9.84 Å². The number of sulfone groups is 1. The molecule has 0 atom stereocenters. The van der Waals surface area contributed by atoms with Gasteiger partial charge in [-0.15, -0.1) is 11.3 Å². The van der Waals surface area contributed by atoms with Crippen LogP contribution in [0.3, 0.4) is 0 Å². The van der Waals surface area contributed by atoms with Gasteiger partial charge in [0.1, 0.15) is 5.75 Å². The third-order valence-electron chi connectivity index (χ3n) is 3.40. The molecule has 0 saturated heterocycles. The van der Waals surface area contributed by atoms with Gasteiger partial charge < -0.3 is 10.1 Å². The lowest BCUT2D eigenvalue weighted by Gasteiger charge is -2.05. The van der Waals surface area contributed by atoms with Crippen LogP contribution in [0, 0.1) is 0 Å². The second-order valence-electron chi connectivity index (χ2n) is 5.19. The number of nitrogens with zero attached hydrogens (tertiary/aromatic N) is 1. The van der Waals surface area contributed by atoms with Crippen molar-refractivity contribution in [3.05, 3.63) is 53.9 Å². The minimum absolute atomic E-state index is 0.302. The molecule has 0 bridgehead atoms. The van der Waals surface area contributed by atoms with Gasteiger partial charge in [0, 0.05) is 29.0 Å². The van der Waals surface area contributed by atoms with Crippen LogP contribution >= 0.6 is 11.3 Å². The van der Waals surface area contributed by atoms with Crippen molar-refractivity contribution in [2.45, 2.75) is 4.90 Å². The summed E-state index contributed by atoms with van der Waals surface area (Å²) in [5, 5.41) is 5.92. The van der Waals surface area contributed by atoms with Crippen molar-refractivity contribution in [1.29, 1.82) is 0 Å². The van der Waals surface area contributed by atoms with Crippen molar-refractivity contribution in [1.82, 2.24) is 4.98 Å². The van der Waals surface area contributed by atoms with Crippen LogP contribution in [0.25, 0.3) is 11.3 Å². The van der Waals surface area contributed by atoms with Crippen LogP contribution in [0.15, 0.2) is 58.8 Å². The molecule has 0 radical (unpaired) electrons. The molecule has 0 amide bonds. The summed E-state index contributed by atoms with van der Waals surface area (Å²) in [6, 6.07) is 14.3. The minimum atomic E-state index is -3.19. The number of nitrogens with one attached hydrogen (secondary N) is 1. The van der Waals surface area contributed by atoms with Crippen LogP contribution in [0.4, 0.5) is 10.8 Å². The van der Waals surface area contributed by atoms with Crippen LogP contribution in [-0.2, 0) is 9.84 Å². The molecule has 0 unspecified atom stereocenters. The zero-order valence-electron chi connectivity index (χ0n) is 13.2. The molecule has 3 aromatic rings. The van der Waals surface area contributed by atoms with Gasteiger partial charge in [-0.05, 0) is 24.3 Å². The van der Waals surface area contributed by atoms with Crippen molar-refractivity contribution in [2.75, 3.05) is 18.7 Å². The third kappa shape index (κ3) is 3.74. The number of methoxy groups -OCH3 is 1. The highest BCUT2D eigenvalue weighted by molar-refractivity contribution is 7.90. The lowest BCUT2D eigenvalue weighted by molar-refractivity contribution is 0.415. The van der Waals surface area contributed by atoms with E-state index in [1.54, 1.807) is 31.4 Å². The molecule has 1 aromatic heterocycles. The summed E-state index contributed by atoms with van der Waals surface area (Å²) in [6.07, 6.45) is 1.20. The number of benzene rings is 2. The highest BCUT2D eigenvalue weighted by atomic mass is 32.2. The summed E-state index contributed by atoms with van der Waals surface area (Å²) in [5.41, 5.74) is 2.56. The van der Waals surface area contributed by atoms with E-state index in [0.29, 0.717) is 4.90 Å². The molecule has 24 heavy (non-hydrogen) atoms. The smallest absolute Gasteiger partial charge is 0.187 e. The molecule has 0 aliphatic carbocycles. The van der Waals surface area contributed by atoms with Crippen LogP contribution in [0.1, 0.15) is 0 Å². The zero-order chi connectivity index (χ0) is 17.2. The molecular weight excluding hydrogens is 344 g/mol. The molecule has 0 aliphatic heterocycles. The quantitative estimate of drug-likeness (QED) is 0.746. The highest BCUT2D eigenvalue weighted by Gasteiger charge is 2.09. The fourth-order valence-corrected chi connectivity index (χ4v) is 3.53. The van der Waals surface area contributed by atoms with Crippen LogP contribution in [0.2, 0.25) is 0 Å². The Hall–Kier alpha value is -2.38. The molecule has 0 aliphatic rings. The summed E-state index contributed by atoms with van der Waals surface area (Å²) in [4.78, 5) is 4.84. The van der Waals surface area contributed by atoms with Crippen LogP contribution in [-0.4, -0.2) is 26.8 Å². The molecule has 0 fully saturated rings. The normalized spacial score (nSPS) is 11.2. The molecule has 0 spiro atoms. The molecule has 124 valence electrons. The Bertz CT molecular complexity index is 948. The lowest BCUT2D eigenvalue weighted by atomic mass is 10.2. The fraction of sp³-hybridized carbons (Fsp3) is 0.118. The fourth-order valence-electron chi connectivity index (χ4n) is 2.16. The van der Waals surface area contributed by atoms with Crippen molar-refractivity contribution >= 4 is 32.0 Å². The van der Waals surface area contributed by atoms with E-state index in [4.69, 9.17) is 4.74 Å². The van der Waals surface area contributed by atoms with Gasteiger partial charge in [0.15, 0.2) is 15.0 Å². The first-order valence-electron chi connectivity index (χ1n) is 7.13. The van der Waals surface area contributed by atoms with E-state index >= 15 is 0 Å². The molecule has 0 saturated carbocycles. The van der Waals surface area contributed by atoms with Crippen LogP contribution in [0.5, 0.6) is 5.75 Å². The second kappa shape index (κ2) is 6.62. The highest BCUT2D eigenvalue weighted by Crippen LogP contribution is 2.28. The average Bonchev–Trinajstić information content (AvgIpc) is 3.03. The van der Waals surface area contributed by atoms with E-state index in [9.17, 15) is 8.42 Å². The van der Waals surface area contributed by atoms with Gasteiger partial charge in [0.25, 0.3) is 0 Å². The number of hydrogen-bond acceptors (Lipinski definition) is 6. The average molecular weight is 360 g/mol. The predicted molar refractivity (Wildman–Crippen MR) is 96.9 cm³/mol. The minimum Gasteiger partial charge on any atom is -0.497 e. The Balaban J connectivity index is 1.80. The standard InChI is InChI=1S/C17H16N2O3S2/c1-22-14-5-3-4-13(10-14)18-17-19-16(11-23-17)12-6-8-15(9-7-12)24(2,20)21/h3-11H,1-2H3,(H,18,19). The maximum Gasteiger partial charge on any atom is 0.187 e. The van der Waals surface area contributed by atoms with Crippen LogP contribution < -0.4 is 10.1 Å². The Morgan fingerprint density at radius 3 is 2.54 bits per heavy atom. The zero-order valence-corrected chi connectivity index (χ0v) is 14.8. The summed E-state index contributed by atoms with van der Waals surface area (Å²) in [6.45, 7) is 0. The Kier molecular flexibility index (Phi) is 4.55. The second-order valence-corrected chi connectivity index (χ2v) is 8.07. The molecule has 5 nitrogen and oxygen atoms in total. The Morgan fingerprint density at radius 1 is 1.12 bits per heavy atom. The number of aromatic nitrogens is 1. The summed E-state index contributed by atoms with van der Waals surface area (Å²) in [5.74, 6) is 0.771. The first-order valence-corrected chi connectivity index (χ1v) is 9.90. The van der Waals surface area contributed by atoms with E-state index in [-0.39, 0.29) is 0 Å². The predicted octanol–water partition coefficient (Wildman–Crippen LogP) is 3.97. The van der Waals surface area contributed by atoms with Gasteiger partial charge in [-0.1, -0.05) is 18.2 Å². The first kappa shape index (κ1) is 16.5. The summed E-state index contributed by atoms with van der Waals surface area (Å²) in [7, 11) is -1.56. The van der Waals surface area contributed by atoms with E-state index in [0.717, 1.165) is 27.8 Å². The van der Waals surface area contributed by atoms with Gasteiger partial charge in [-0.2, -0.15) is 0 Å². The molecule has 7 heteroatoms. The largest absolute Gasteiger partial charge is 0.497 e. The molecule has 2 aromatic carbocycles. The monoisotopic (exact) mass is 360 g/mol. The summed E-state index contributed by atoms with van der Waals surface area (Å²) < 4.78 is 28.2. The SMILES string of the molecule is COc1cccc(Nc2nc(-c3ccc(S(C)(=O)=O)cc3)cs2)c1. The van der Waals surface area contributed by atoms with E-state index in [1.807, 2.05) is 29.6 Å². The van der Waals surface area contributed by atoms with Gasteiger partial charge in [0.2, 0.25) is 0 Å². The van der Waals surface area contributed by atoms with Gasteiger partial charge >= 0.3 is 0 Å². The van der Waals surface area contributed by atoms with Crippen molar-refractivity contribution in [2.24, 2.45) is 0 Å².